The lowest BCUT2D eigenvalue weighted by atomic mass is 9.77. The summed E-state index contributed by atoms with van der Waals surface area (Å²) in [4.78, 5) is 24.2. The highest BCUT2D eigenvalue weighted by atomic mass is 19.1. The summed E-state index contributed by atoms with van der Waals surface area (Å²) in [5.74, 6) is -1.08. The second-order valence-corrected chi connectivity index (χ2v) is 3.94. The van der Waals surface area contributed by atoms with Crippen molar-refractivity contribution >= 4 is 12.6 Å². The molecule has 2 rings (SSSR count). The normalized spacial score (nSPS) is 10.5. The molecule has 2 aromatic rings. The molecule has 0 spiro atoms. The summed E-state index contributed by atoms with van der Waals surface area (Å²) in [6.07, 6.45) is 0.779. The number of nitrogens with zero attached hydrogens (tertiary/aromatic N) is 1. The second kappa shape index (κ2) is 5.21. The van der Waals surface area contributed by atoms with Crippen LogP contribution in [0, 0.1) is 5.82 Å². The molecule has 0 atom stereocenters. The molecule has 1 aromatic carbocycles. The number of hydrogen-bond acceptors (Lipinski definition) is 4. The van der Waals surface area contributed by atoms with Crippen LogP contribution < -0.4 is 16.7 Å². The third-order valence-corrected chi connectivity index (χ3v) is 2.64. The maximum absolute atomic E-state index is 13.1. The third-order valence-electron chi connectivity index (χ3n) is 2.64. The number of halogens is 1. The molecule has 0 fully saturated rings. The average molecular weight is 264 g/mol. The Bertz CT molecular complexity index is 710. The molecule has 1 heterocycles. The summed E-state index contributed by atoms with van der Waals surface area (Å²) in [5, 5.41) is 18.4. The fourth-order valence-corrected chi connectivity index (χ4v) is 1.71. The summed E-state index contributed by atoms with van der Waals surface area (Å²) < 4.78 is 14.1. The van der Waals surface area contributed by atoms with E-state index >= 15 is 0 Å². The van der Waals surface area contributed by atoms with E-state index in [4.69, 9.17) is 0 Å². The molecule has 3 N–H and O–H groups in total. The Kier molecular flexibility index (Phi) is 3.63. The predicted octanol–water partition coefficient (Wildman–Crippen LogP) is -1.60. The van der Waals surface area contributed by atoms with Crippen molar-refractivity contribution in [3.63, 3.8) is 0 Å². The fraction of sp³-hybridized carbons (Fsp3) is 0.0909. The van der Waals surface area contributed by atoms with E-state index in [2.05, 4.69) is 0 Å². The minimum atomic E-state index is -1.69. The summed E-state index contributed by atoms with van der Waals surface area (Å²) in [6, 6.07) is 6.31. The molecule has 0 unspecified atom stereocenters. The molecule has 0 aliphatic rings. The van der Waals surface area contributed by atoms with E-state index in [0.29, 0.717) is 5.56 Å². The van der Waals surface area contributed by atoms with E-state index in [1.165, 1.54) is 6.07 Å². The topological polar surface area (TPSA) is 95.3 Å². The third kappa shape index (κ3) is 2.80. The first-order valence-electron chi connectivity index (χ1n) is 5.42. The first-order chi connectivity index (χ1) is 8.99. The predicted molar refractivity (Wildman–Crippen MR) is 66.7 cm³/mol. The minimum absolute atomic E-state index is 0.0830. The van der Waals surface area contributed by atoms with Gasteiger partial charge < -0.3 is 10.0 Å². The molecule has 0 bridgehead atoms. The second-order valence-electron chi connectivity index (χ2n) is 3.94. The van der Waals surface area contributed by atoms with Crippen molar-refractivity contribution in [1.82, 2.24) is 9.55 Å². The van der Waals surface area contributed by atoms with Crippen molar-refractivity contribution in [3.8, 4) is 0 Å². The van der Waals surface area contributed by atoms with Gasteiger partial charge >= 0.3 is 12.8 Å². The molecule has 0 radical (unpaired) electrons. The molecule has 8 heteroatoms. The van der Waals surface area contributed by atoms with Gasteiger partial charge in [0.2, 0.25) is 5.82 Å². The zero-order valence-corrected chi connectivity index (χ0v) is 9.71. The quantitative estimate of drug-likeness (QED) is 0.582. The lowest BCUT2D eigenvalue weighted by molar-refractivity contribution is 0.425. The number of rotatable bonds is 3. The molecule has 1 aromatic heterocycles. The Labute approximate surface area is 106 Å². The standard InChI is InChI=1S/C11H10BFN2O4/c13-9-6-15(11(17)14-10(9)16)5-7-3-1-2-4-8(7)12(18)19/h1-4,6,18-19H,5H2,(H,14,16,17). The molecule has 19 heavy (non-hydrogen) atoms. The maximum atomic E-state index is 13.1. The van der Waals surface area contributed by atoms with Crippen molar-refractivity contribution in [2.24, 2.45) is 0 Å². The highest BCUT2D eigenvalue weighted by molar-refractivity contribution is 6.59. The van der Waals surface area contributed by atoms with E-state index in [0.717, 1.165) is 10.8 Å². The van der Waals surface area contributed by atoms with Gasteiger partial charge in [-0.05, 0) is 11.0 Å². The van der Waals surface area contributed by atoms with Crippen molar-refractivity contribution in [2.75, 3.05) is 0 Å². The first kappa shape index (κ1) is 13.3. The van der Waals surface area contributed by atoms with Gasteiger partial charge in [0.25, 0.3) is 5.56 Å². The molecule has 0 aliphatic carbocycles. The van der Waals surface area contributed by atoms with Crippen LogP contribution in [0.1, 0.15) is 5.56 Å². The fourth-order valence-electron chi connectivity index (χ4n) is 1.71. The van der Waals surface area contributed by atoms with Crippen molar-refractivity contribution in [3.05, 3.63) is 62.7 Å². The Morgan fingerprint density at radius 1 is 1.26 bits per heavy atom. The largest absolute Gasteiger partial charge is 0.488 e. The van der Waals surface area contributed by atoms with Gasteiger partial charge in [0.05, 0.1) is 12.7 Å². The van der Waals surface area contributed by atoms with E-state index in [1.54, 1.807) is 18.2 Å². The van der Waals surface area contributed by atoms with Crippen LogP contribution in [0.3, 0.4) is 0 Å². The number of aromatic amines is 1. The SMILES string of the molecule is O=c1[nH]c(=O)n(Cc2ccccc2B(O)O)cc1F. The Balaban J connectivity index is 2.45. The molecule has 6 nitrogen and oxygen atoms in total. The highest BCUT2D eigenvalue weighted by Crippen LogP contribution is 1.99. The smallest absolute Gasteiger partial charge is 0.423 e. The Hall–Kier alpha value is -2.19. The van der Waals surface area contributed by atoms with Crippen LogP contribution in [0.25, 0.3) is 0 Å². The van der Waals surface area contributed by atoms with Gasteiger partial charge in [-0.2, -0.15) is 4.39 Å². The summed E-state index contributed by atoms with van der Waals surface area (Å²) in [5.41, 5.74) is -1.21. The van der Waals surface area contributed by atoms with Crippen LogP contribution in [0.5, 0.6) is 0 Å². The van der Waals surface area contributed by atoms with Crippen LogP contribution in [-0.2, 0) is 6.54 Å². The number of aromatic nitrogens is 2. The number of H-pyrrole nitrogens is 1. The lowest BCUT2D eigenvalue weighted by Gasteiger charge is -2.10. The molecule has 0 amide bonds. The summed E-state index contributed by atoms with van der Waals surface area (Å²) in [6.45, 7) is -0.0830. The van der Waals surface area contributed by atoms with Gasteiger partial charge in [-0.3, -0.25) is 14.3 Å². The monoisotopic (exact) mass is 264 g/mol. The number of hydrogen-bond donors (Lipinski definition) is 3. The Morgan fingerprint density at radius 3 is 2.63 bits per heavy atom. The zero-order valence-electron chi connectivity index (χ0n) is 9.71. The van der Waals surface area contributed by atoms with E-state index in [-0.39, 0.29) is 12.0 Å². The van der Waals surface area contributed by atoms with Crippen LogP contribution in [-0.4, -0.2) is 26.7 Å². The van der Waals surface area contributed by atoms with Crippen molar-refractivity contribution < 1.29 is 14.4 Å². The van der Waals surface area contributed by atoms with Gasteiger partial charge in [-0.1, -0.05) is 24.3 Å². The zero-order chi connectivity index (χ0) is 14.0. The first-order valence-corrected chi connectivity index (χ1v) is 5.42. The average Bonchev–Trinajstić information content (AvgIpc) is 2.36. The van der Waals surface area contributed by atoms with Gasteiger partial charge in [-0.15, -0.1) is 0 Å². The highest BCUT2D eigenvalue weighted by Gasteiger charge is 2.16. The minimum Gasteiger partial charge on any atom is -0.423 e. The summed E-state index contributed by atoms with van der Waals surface area (Å²) in [7, 11) is -1.69. The molecular formula is C11H10BFN2O4. The van der Waals surface area contributed by atoms with Crippen LogP contribution >= 0.6 is 0 Å². The molecule has 98 valence electrons. The summed E-state index contributed by atoms with van der Waals surface area (Å²) >= 11 is 0. The van der Waals surface area contributed by atoms with Gasteiger partial charge in [0.1, 0.15) is 0 Å². The van der Waals surface area contributed by atoms with E-state index in [1.807, 2.05) is 4.98 Å². The number of nitrogens with one attached hydrogen (secondary N) is 1. The van der Waals surface area contributed by atoms with Crippen LogP contribution in [0.15, 0.2) is 40.1 Å². The molecular weight excluding hydrogens is 254 g/mol. The van der Waals surface area contributed by atoms with Crippen molar-refractivity contribution in [1.29, 1.82) is 0 Å². The molecule has 0 saturated heterocycles. The Morgan fingerprint density at radius 2 is 1.95 bits per heavy atom. The van der Waals surface area contributed by atoms with Crippen LogP contribution in [0.2, 0.25) is 0 Å². The van der Waals surface area contributed by atoms with Crippen LogP contribution in [0.4, 0.5) is 4.39 Å². The van der Waals surface area contributed by atoms with Gasteiger partial charge in [0.15, 0.2) is 0 Å². The van der Waals surface area contributed by atoms with E-state index in [9.17, 15) is 24.0 Å². The number of benzene rings is 1. The maximum Gasteiger partial charge on any atom is 0.488 e. The lowest BCUT2D eigenvalue weighted by Crippen LogP contribution is -2.36. The van der Waals surface area contributed by atoms with Crippen molar-refractivity contribution in [2.45, 2.75) is 6.54 Å². The molecule has 0 aliphatic heterocycles. The van der Waals surface area contributed by atoms with Gasteiger partial charge in [-0.25, -0.2) is 4.79 Å². The molecule has 0 saturated carbocycles. The van der Waals surface area contributed by atoms with Gasteiger partial charge in [0, 0.05) is 0 Å². The van der Waals surface area contributed by atoms with E-state index < -0.39 is 24.2 Å².